The van der Waals surface area contributed by atoms with Gasteiger partial charge in [-0.05, 0) is 18.8 Å². The van der Waals surface area contributed by atoms with Crippen LogP contribution >= 0.6 is 11.6 Å². The van der Waals surface area contributed by atoms with Gasteiger partial charge in [0.25, 0.3) is 5.56 Å². The predicted octanol–water partition coefficient (Wildman–Crippen LogP) is 2.30. The predicted molar refractivity (Wildman–Crippen MR) is 97.9 cm³/mol. The molecule has 0 bridgehead atoms. The summed E-state index contributed by atoms with van der Waals surface area (Å²) in [6.07, 6.45) is 4.96. The molecule has 144 valence electrons. The highest BCUT2D eigenvalue weighted by atomic mass is 35.5. The Kier molecular flexibility index (Phi) is 5.10. The third-order valence-corrected chi connectivity index (χ3v) is 5.42. The number of nitrogens with zero attached hydrogens (tertiary/aromatic N) is 5. The van der Waals surface area contributed by atoms with Gasteiger partial charge < -0.3 is 4.90 Å². The second-order valence-electron chi connectivity index (χ2n) is 7.12. The summed E-state index contributed by atoms with van der Waals surface area (Å²) in [6, 6.07) is 0.848. The van der Waals surface area contributed by atoms with E-state index in [1.54, 1.807) is 6.20 Å². The Bertz CT molecular complexity index is 894. The molecule has 4 rings (SSSR count). The van der Waals surface area contributed by atoms with Crippen LogP contribution in [0.3, 0.4) is 0 Å². The molecule has 2 aromatic heterocycles. The Morgan fingerprint density at radius 3 is 2.56 bits per heavy atom. The zero-order valence-corrected chi connectivity index (χ0v) is 15.5. The van der Waals surface area contributed by atoms with E-state index in [0.717, 1.165) is 25.1 Å². The molecule has 27 heavy (non-hydrogen) atoms. The number of anilines is 1. The number of hydrogen-bond donors (Lipinski definition) is 0. The van der Waals surface area contributed by atoms with Gasteiger partial charge in [0.1, 0.15) is 16.7 Å². The van der Waals surface area contributed by atoms with Crippen LogP contribution in [0, 0.1) is 17.6 Å². The lowest BCUT2D eigenvalue weighted by molar-refractivity contribution is 0.243. The van der Waals surface area contributed by atoms with Gasteiger partial charge >= 0.3 is 0 Å². The molecule has 1 saturated carbocycles. The van der Waals surface area contributed by atoms with Crippen molar-refractivity contribution < 1.29 is 8.78 Å². The molecule has 0 radical (unpaired) electrons. The van der Waals surface area contributed by atoms with Crippen LogP contribution in [0.5, 0.6) is 0 Å². The zero-order valence-electron chi connectivity index (χ0n) is 14.7. The first-order valence-electron chi connectivity index (χ1n) is 9.04. The van der Waals surface area contributed by atoms with E-state index in [2.05, 4.69) is 10.1 Å². The van der Waals surface area contributed by atoms with Gasteiger partial charge in [-0.15, -0.1) is 0 Å². The van der Waals surface area contributed by atoms with Crippen molar-refractivity contribution in [1.29, 1.82) is 0 Å². The highest BCUT2D eigenvalue weighted by molar-refractivity contribution is 6.33. The van der Waals surface area contributed by atoms with Crippen molar-refractivity contribution in [2.24, 2.45) is 5.92 Å². The highest BCUT2D eigenvalue weighted by Crippen LogP contribution is 2.30. The fourth-order valence-corrected chi connectivity index (χ4v) is 3.54. The molecule has 0 amide bonds. The molecule has 6 nitrogen and oxygen atoms in total. The normalized spacial score (nSPS) is 18.1. The molecule has 1 saturated heterocycles. The average molecular weight is 396 g/mol. The number of rotatable bonds is 5. The largest absolute Gasteiger partial charge is 0.366 e. The lowest BCUT2D eigenvalue weighted by Crippen LogP contribution is -2.46. The minimum Gasteiger partial charge on any atom is -0.366 e. The lowest BCUT2D eigenvalue weighted by atomic mass is 10.2. The van der Waals surface area contributed by atoms with Crippen LogP contribution < -0.4 is 10.5 Å². The molecule has 0 aromatic carbocycles. The van der Waals surface area contributed by atoms with Crippen molar-refractivity contribution in [2.45, 2.75) is 25.9 Å². The standard InChI is InChI=1S/C18H20ClF2N5O/c19-17-16(9-23-26(18(17)27)10-12-1-2-12)25-5-3-24(4-6-25)11-15-14(21)7-13(20)8-22-15/h7-9,12H,1-6,10-11H2. The van der Waals surface area contributed by atoms with E-state index in [-0.39, 0.29) is 16.3 Å². The second kappa shape index (κ2) is 7.52. The molecule has 0 spiro atoms. The fourth-order valence-electron chi connectivity index (χ4n) is 3.27. The molecule has 1 aliphatic carbocycles. The van der Waals surface area contributed by atoms with Gasteiger partial charge in [-0.2, -0.15) is 5.10 Å². The third-order valence-electron chi connectivity index (χ3n) is 5.06. The third kappa shape index (κ3) is 4.11. The van der Waals surface area contributed by atoms with Crippen LogP contribution in [-0.4, -0.2) is 45.8 Å². The van der Waals surface area contributed by atoms with Gasteiger partial charge in [0, 0.05) is 45.3 Å². The summed E-state index contributed by atoms with van der Waals surface area (Å²) < 4.78 is 28.2. The maximum Gasteiger partial charge on any atom is 0.287 e. The number of aromatic nitrogens is 3. The van der Waals surface area contributed by atoms with E-state index in [9.17, 15) is 13.6 Å². The van der Waals surface area contributed by atoms with Crippen LogP contribution in [0.1, 0.15) is 18.5 Å². The summed E-state index contributed by atoms with van der Waals surface area (Å²) >= 11 is 6.31. The molecular weight excluding hydrogens is 376 g/mol. The van der Waals surface area contributed by atoms with Gasteiger partial charge in [-0.3, -0.25) is 14.7 Å². The molecule has 0 N–H and O–H groups in total. The van der Waals surface area contributed by atoms with E-state index < -0.39 is 11.6 Å². The minimum absolute atomic E-state index is 0.199. The van der Waals surface area contributed by atoms with Gasteiger partial charge in [0.15, 0.2) is 0 Å². The van der Waals surface area contributed by atoms with Gasteiger partial charge in [0.05, 0.1) is 23.8 Å². The SMILES string of the molecule is O=c1c(Cl)c(N2CCN(Cc3ncc(F)cc3F)CC2)cnn1CC1CC1. The maximum absolute atomic E-state index is 13.8. The van der Waals surface area contributed by atoms with Crippen LogP contribution in [0.2, 0.25) is 5.02 Å². The van der Waals surface area contributed by atoms with E-state index in [0.29, 0.717) is 50.9 Å². The van der Waals surface area contributed by atoms with Crippen molar-refractivity contribution in [3.63, 3.8) is 0 Å². The number of hydrogen-bond acceptors (Lipinski definition) is 5. The summed E-state index contributed by atoms with van der Waals surface area (Å²) in [5.41, 5.74) is 0.618. The maximum atomic E-state index is 13.8. The first-order chi connectivity index (χ1) is 13.0. The number of piperazine rings is 1. The summed E-state index contributed by atoms with van der Waals surface area (Å²) in [5.74, 6) is -0.773. The topological polar surface area (TPSA) is 54.3 Å². The number of pyridine rings is 1. The summed E-state index contributed by atoms with van der Waals surface area (Å²) in [4.78, 5) is 20.3. The van der Waals surface area contributed by atoms with Crippen LogP contribution in [0.15, 0.2) is 23.3 Å². The Morgan fingerprint density at radius 1 is 1.15 bits per heavy atom. The quantitative estimate of drug-likeness (QED) is 0.777. The summed E-state index contributed by atoms with van der Waals surface area (Å²) in [5, 5.41) is 4.47. The molecule has 1 aliphatic heterocycles. The Balaban J connectivity index is 1.40. The van der Waals surface area contributed by atoms with E-state index in [1.807, 2.05) is 9.80 Å². The van der Waals surface area contributed by atoms with Crippen LogP contribution in [0.4, 0.5) is 14.5 Å². The Morgan fingerprint density at radius 2 is 1.89 bits per heavy atom. The minimum atomic E-state index is -0.681. The number of halogens is 3. The highest BCUT2D eigenvalue weighted by Gasteiger charge is 2.25. The Labute approximate surface area is 160 Å². The first kappa shape index (κ1) is 18.3. The van der Waals surface area contributed by atoms with E-state index in [4.69, 9.17) is 11.6 Å². The zero-order chi connectivity index (χ0) is 19.0. The van der Waals surface area contributed by atoms with Crippen molar-refractivity contribution in [3.05, 3.63) is 51.2 Å². The molecule has 2 fully saturated rings. The Hall–Kier alpha value is -2.06. The smallest absolute Gasteiger partial charge is 0.287 e. The van der Waals surface area contributed by atoms with E-state index >= 15 is 0 Å². The van der Waals surface area contributed by atoms with Gasteiger partial charge in [-0.25, -0.2) is 13.5 Å². The second-order valence-corrected chi connectivity index (χ2v) is 7.50. The molecular formula is C18H20ClF2N5O. The van der Waals surface area contributed by atoms with Crippen molar-refractivity contribution in [3.8, 4) is 0 Å². The molecule has 9 heteroatoms. The van der Waals surface area contributed by atoms with Crippen molar-refractivity contribution >= 4 is 17.3 Å². The first-order valence-corrected chi connectivity index (χ1v) is 9.42. The monoisotopic (exact) mass is 395 g/mol. The van der Waals surface area contributed by atoms with Crippen LogP contribution in [-0.2, 0) is 13.1 Å². The average Bonchev–Trinajstić information content (AvgIpc) is 3.47. The fraction of sp³-hybridized carbons (Fsp3) is 0.500. The molecule has 0 atom stereocenters. The van der Waals surface area contributed by atoms with Crippen molar-refractivity contribution in [1.82, 2.24) is 19.7 Å². The van der Waals surface area contributed by atoms with E-state index in [1.165, 1.54) is 4.68 Å². The summed E-state index contributed by atoms with van der Waals surface area (Å²) in [7, 11) is 0. The molecule has 0 unspecified atom stereocenters. The van der Waals surface area contributed by atoms with Gasteiger partial charge in [-0.1, -0.05) is 11.6 Å². The van der Waals surface area contributed by atoms with Gasteiger partial charge in [0.2, 0.25) is 0 Å². The van der Waals surface area contributed by atoms with Crippen molar-refractivity contribution in [2.75, 3.05) is 31.1 Å². The molecule has 3 heterocycles. The summed E-state index contributed by atoms with van der Waals surface area (Å²) in [6.45, 7) is 3.52. The molecule has 2 aromatic rings. The lowest BCUT2D eigenvalue weighted by Gasteiger charge is -2.36. The molecule has 2 aliphatic rings. The van der Waals surface area contributed by atoms with Crippen LogP contribution in [0.25, 0.3) is 0 Å².